The van der Waals surface area contributed by atoms with Gasteiger partial charge in [0.15, 0.2) is 0 Å². The average Bonchev–Trinajstić information content (AvgIpc) is 2.26. The molecule has 1 heterocycles. The number of piperidine rings is 1. The topological polar surface area (TPSA) is 41.1 Å². The van der Waals surface area contributed by atoms with Crippen LogP contribution in [0.1, 0.15) is 59.3 Å². The molecule has 2 fully saturated rings. The van der Waals surface area contributed by atoms with Gasteiger partial charge in [0.2, 0.25) is 5.91 Å². The fraction of sp³-hybridized carbons (Fsp3) is 0.933. The molecule has 2 unspecified atom stereocenters. The van der Waals surface area contributed by atoms with Crippen molar-refractivity contribution in [2.75, 3.05) is 6.54 Å². The van der Waals surface area contributed by atoms with Crippen LogP contribution in [0.4, 0.5) is 0 Å². The Morgan fingerprint density at radius 1 is 1.39 bits per heavy atom. The zero-order chi connectivity index (χ0) is 13.2. The van der Waals surface area contributed by atoms with Crippen molar-refractivity contribution in [1.29, 1.82) is 0 Å². The van der Waals surface area contributed by atoms with Crippen LogP contribution in [0.2, 0.25) is 0 Å². The van der Waals surface area contributed by atoms with Gasteiger partial charge in [-0.05, 0) is 51.5 Å². The number of nitrogens with one attached hydrogen (secondary N) is 2. The summed E-state index contributed by atoms with van der Waals surface area (Å²) in [6.45, 7) is 7.71. The van der Waals surface area contributed by atoms with Crippen LogP contribution in [-0.2, 0) is 4.79 Å². The predicted octanol–water partition coefficient (Wildman–Crippen LogP) is 2.46. The van der Waals surface area contributed by atoms with Crippen LogP contribution in [0.15, 0.2) is 0 Å². The fourth-order valence-electron chi connectivity index (χ4n) is 3.47. The highest BCUT2D eigenvalue weighted by atomic mass is 16.2. The number of hydrogen-bond donors (Lipinski definition) is 2. The van der Waals surface area contributed by atoms with E-state index in [9.17, 15) is 4.79 Å². The monoisotopic (exact) mass is 252 g/mol. The average molecular weight is 252 g/mol. The Morgan fingerprint density at radius 2 is 2.11 bits per heavy atom. The van der Waals surface area contributed by atoms with Crippen molar-refractivity contribution in [2.45, 2.75) is 71.4 Å². The number of hydrogen-bond acceptors (Lipinski definition) is 2. The van der Waals surface area contributed by atoms with Crippen molar-refractivity contribution < 1.29 is 4.79 Å². The predicted molar refractivity (Wildman–Crippen MR) is 74.4 cm³/mol. The van der Waals surface area contributed by atoms with E-state index in [-0.39, 0.29) is 5.41 Å². The first-order valence-electron chi connectivity index (χ1n) is 7.58. The third kappa shape index (κ3) is 2.87. The summed E-state index contributed by atoms with van der Waals surface area (Å²) < 4.78 is 0. The summed E-state index contributed by atoms with van der Waals surface area (Å²) in [4.78, 5) is 12.6. The maximum atomic E-state index is 12.6. The lowest BCUT2D eigenvalue weighted by Gasteiger charge is -2.43. The van der Waals surface area contributed by atoms with Gasteiger partial charge in [-0.2, -0.15) is 0 Å². The molecule has 3 nitrogen and oxygen atoms in total. The normalized spacial score (nSPS) is 30.9. The van der Waals surface area contributed by atoms with Crippen molar-refractivity contribution >= 4 is 5.91 Å². The molecule has 104 valence electrons. The first-order chi connectivity index (χ1) is 8.53. The van der Waals surface area contributed by atoms with Crippen molar-refractivity contribution in [1.82, 2.24) is 10.6 Å². The molecule has 2 atom stereocenters. The summed E-state index contributed by atoms with van der Waals surface area (Å²) in [5, 5.41) is 6.77. The number of amides is 1. The quantitative estimate of drug-likeness (QED) is 0.807. The van der Waals surface area contributed by atoms with Crippen molar-refractivity contribution in [3.63, 3.8) is 0 Å². The molecule has 0 spiro atoms. The van der Waals surface area contributed by atoms with Gasteiger partial charge in [-0.25, -0.2) is 0 Å². The second-order valence-corrected chi connectivity index (χ2v) is 6.70. The SMILES string of the molecule is CC(C)CC1(C(=O)NC2CCCNC2C)CCC1. The molecule has 1 amide bonds. The lowest BCUT2D eigenvalue weighted by atomic mass is 9.64. The van der Waals surface area contributed by atoms with E-state index < -0.39 is 0 Å². The minimum absolute atomic E-state index is 0.0364. The van der Waals surface area contributed by atoms with Gasteiger partial charge in [0.1, 0.15) is 0 Å². The van der Waals surface area contributed by atoms with E-state index in [1.54, 1.807) is 0 Å². The molecule has 0 bridgehead atoms. The molecule has 2 N–H and O–H groups in total. The fourth-order valence-corrected chi connectivity index (χ4v) is 3.47. The number of carbonyl (C=O) groups is 1. The van der Waals surface area contributed by atoms with Crippen LogP contribution < -0.4 is 10.6 Å². The van der Waals surface area contributed by atoms with Gasteiger partial charge in [-0.1, -0.05) is 20.3 Å². The minimum Gasteiger partial charge on any atom is -0.351 e. The van der Waals surface area contributed by atoms with E-state index in [0.29, 0.717) is 23.9 Å². The molecular weight excluding hydrogens is 224 g/mol. The Hall–Kier alpha value is -0.570. The van der Waals surface area contributed by atoms with Crippen molar-refractivity contribution in [3.8, 4) is 0 Å². The molecular formula is C15H28N2O. The largest absolute Gasteiger partial charge is 0.351 e. The van der Waals surface area contributed by atoms with E-state index in [1.807, 2.05) is 0 Å². The summed E-state index contributed by atoms with van der Waals surface area (Å²) in [7, 11) is 0. The van der Waals surface area contributed by atoms with Crippen molar-refractivity contribution in [2.24, 2.45) is 11.3 Å². The van der Waals surface area contributed by atoms with Gasteiger partial charge in [0.25, 0.3) is 0 Å². The smallest absolute Gasteiger partial charge is 0.226 e. The summed E-state index contributed by atoms with van der Waals surface area (Å²) >= 11 is 0. The van der Waals surface area contributed by atoms with Gasteiger partial charge in [-0.15, -0.1) is 0 Å². The van der Waals surface area contributed by atoms with Crippen LogP contribution in [0, 0.1) is 11.3 Å². The first kappa shape index (κ1) is 13.9. The van der Waals surface area contributed by atoms with Gasteiger partial charge in [0, 0.05) is 17.5 Å². The molecule has 0 aromatic carbocycles. The molecule has 2 rings (SSSR count). The number of carbonyl (C=O) groups excluding carboxylic acids is 1. The zero-order valence-corrected chi connectivity index (χ0v) is 12.1. The van der Waals surface area contributed by atoms with Gasteiger partial charge in [0.05, 0.1) is 0 Å². The van der Waals surface area contributed by atoms with Gasteiger partial charge in [-0.3, -0.25) is 4.79 Å². The Bertz CT molecular complexity index is 297. The lowest BCUT2D eigenvalue weighted by Crippen LogP contribution is -2.56. The molecule has 0 aromatic rings. The maximum Gasteiger partial charge on any atom is 0.226 e. The highest BCUT2D eigenvalue weighted by Crippen LogP contribution is 2.46. The molecule has 18 heavy (non-hydrogen) atoms. The van der Waals surface area contributed by atoms with E-state index in [4.69, 9.17) is 0 Å². The van der Waals surface area contributed by atoms with Gasteiger partial charge >= 0.3 is 0 Å². The maximum absolute atomic E-state index is 12.6. The molecule has 0 aromatic heterocycles. The van der Waals surface area contributed by atoms with Crippen LogP contribution in [0.5, 0.6) is 0 Å². The summed E-state index contributed by atoms with van der Waals surface area (Å²) in [5.74, 6) is 0.931. The second-order valence-electron chi connectivity index (χ2n) is 6.70. The van der Waals surface area contributed by atoms with Crippen LogP contribution in [-0.4, -0.2) is 24.5 Å². The molecule has 2 aliphatic rings. The van der Waals surface area contributed by atoms with E-state index in [0.717, 1.165) is 32.2 Å². The Morgan fingerprint density at radius 3 is 2.61 bits per heavy atom. The number of rotatable bonds is 4. The standard InChI is InChI=1S/C15H28N2O/c1-11(2)10-15(7-5-8-15)14(18)17-13-6-4-9-16-12(13)3/h11-13,16H,4-10H2,1-3H3,(H,17,18). The van der Waals surface area contributed by atoms with Crippen molar-refractivity contribution in [3.05, 3.63) is 0 Å². The third-order valence-electron chi connectivity index (χ3n) is 4.67. The molecule has 0 radical (unpaired) electrons. The summed E-state index contributed by atoms with van der Waals surface area (Å²) in [6, 6.07) is 0.745. The molecule has 3 heteroatoms. The zero-order valence-electron chi connectivity index (χ0n) is 12.1. The molecule has 1 aliphatic heterocycles. The summed E-state index contributed by atoms with van der Waals surface area (Å²) in [5.41, 5.74) is -0.0364. The van der Waals surface area contributed by atoms with Crippen LogP contribution in [0.25, 0.3) is 0 Å². The van der Waals surface area contributed by atoms with E-state index in [1.165, 1.54) is 12.8 Å². The molecule has 1 aliphatic carbocycles. The first-order valence-corrected chi connectivity index (χ1v) is 7.58. The second kappa shape index (κ2) is 5.60. The highest BCUT2D eigenvalue weighted by Gasteiger charge is 2.45. The molecule has 1 saturated carbocycles. The highest BCUT2D eigenvalue weighted by molar-refractivity contribution is 5.83. The van der Waals surface area contributed by atoms with E-state index >= 15 is 0 Å². The summed E-state index contributed by atoms with van der Waals surface area (Å²) in [6.07, 6.45) is 6.74. The molecule has 1 saturated heterocycles. The lowest BCUT2D eigenvalue weighted by molar-refractivity contribution is -0.138. The van der Waals surface area contributed by atoms with Crippen LogP contribution >= 0.6 is 0 Å². The van der Waals surface area contributed by atoms with E-state index in [2.05, 4.69) is 31.4 Å². The van der Waals surface area contributed by atoms with Crippen LogP contribution in [0.3, 0.4) is 0 Å². The Labute approximate surface area is 111 Å². The Kier molecular flexibility index (Phi) is 4.31. The minimum atomic E-state index is -0.0364. The third-order valence-corrected chi connectivity index (χ3v) is 4.67. The van der Waals surface area contributed by atoms with Gasteiger partial charge < -0.3 is 10.6 Å². The Balaban J connectivity index is 1.93.